The number of aliphatic hydroxyl groups is 1. The van der Waals surface area contributed by atoms with Gasteiger partial charge >= 0.3 is 5.91 Å². The van der Waals surface area contributed by atoms with E-state index in [9.17, 15) is 19.1 Å². The van der Waals surface area contributed by atoms with Gasteiger partial charge in [0, 0.05) is 22.7 Å². The monoisotopic (exact) mass is 499 g/mol. The van der Waals surface area contributed by atoms with Crippen LogP contribution < -0.4 is 9.64 Å². The van der Waals surface area contributed by atoms with E-state index in [1.165, 1.54) is 30.2 Å². The number of hydrogen-bond donors (Lipinski definition) is 2. The number of carbonyl (C=O) groups is 2. The number of ether oxygens (including phenoxy) is 1. The molecule has 7 nitrogen and oxygen atoms in total. The molecule has 3 heterocycles. The summed E-state index contributed by atoms with van der Waals surface area (Å²) in [5, 5.41) is 12.4. The summed E-state index contributed by atoms with van der Waals surface area (Å²) in [6.45, 7) is 0. The van der Waals surface area contributed by atoms with Gasteiger partial charge in [0.2, 0.25) is 0 Å². The molecule has 6 rings (SSSR count). The Morgan fingerprint density at radius 1 is 1.11 bits per heavy atom. The summed E-state index contributed by atoms with van der Waals surface area (Å²) < 4.78 is 19.7. The van der Waals surface area contributed by atoms with Crippen molar-refractivity contribution in [1.29, 1.82) is 0 Å². The van der Waals surface area contributed by atoms with Crippen molar-refractivity contribution in [2.75, 3.05) is 12.0 Å². The maximum atomic E-state index is 13.8. The number of aromatic nitrogens is 2. The molecule has 0 bridgehead atoms. The van der Waals surface area contributed by atoms with E-state index in [1.807, 2.05) is 24.3 Å². The standard InChI is InChI=1S/C27H18FN3O4S/c1-35-16-6-4-5-14(11-16)23-22(24(32)18-13-29-19-8-3-2-7-17(18)19)25(33)26(34)31(23)27-30-20-10-9-15(28)12-21(20)36-27/h2-13,23,29,32H,1H3/b24-22+. The Labute approximate surface area is 208 Å². The topological polar surface area (TPSA) is 95.5 Å². The molecule has 0 saturated carbocycles. The van der Waals surface area contributed by atoms with Gasteiger partial charge in [-0.1, -0.05) is 41.7 Å². The zero-order chi connectivity index (χ0) is 25.0. The lowest BCUT2D eigenvalue weighted by Crippen LogP contribution is -2.29. The Morgan fingerprint density at radius 3 is 2.78 bits per heavy atom. The van der Waals surface area contributed by atoms with Crippen molar-refractivity contribution in [3.63, 3.8) is 0 Å². The van der Waals surface area contributed by atoms with Crippen molar-refractivity contribution in [2.45, 2.75) is 6.04 Å². The van der Waals surface area contributed by atoms with Crippen molar-refractivity contribution in [3.8, 4) is 5.75 Å². The Morgan fingerprint density at radius 2 is 1.94 bits per heavy atom. The minimum absolute atomic E-state index is 0.0663. The highest BCUT2D eigenvalue weighted by Gasteiger charge is 2.48. The average Bonchev–Trinajstić information content (AvgIpc) is 3.57. The fraction of sp³-hybridized carbons (Fsp3) is 0.0741. The molecule has 0 radical (unpaired) electrons. The van der Waals surface area contributed by atoms with Crippen LogP contribution in [-0.2, 0) is 9.59 Å². The van der Waals surface area contributed by atoms with Gasteiger partial charge in [0.15, 0.2) is 5.13 Å². The van der Waals surface area contributed by atoms with Crippen LogP contribution in [0.4, 0.5) is 9.52 Å². The number of methoxy groups -OCH3 is 1. The number of aromatic amines is 1. The maximum absolute atomic E-state index is 13.8. The minimum Gasteiger partial charge on any atom is -0.507 e. The van der Waals surface area contributed by atoms with Gasteiger partial charge in [-0.15, -0.1) is 0 Å². The number of anilines is 1. The normalized spacial score (nSPS) is 17.4. The minimum atomic E-state index is -0.973. The predicted octanol–water partition coefficient (Wildman–Crippen LogP) is 5.55. The molecule has 36 heavy (non-hydrogen) atoms. The molecule has 0 aliphatic carbocycles. The Kier molecular flexibility index (Phi) is 5.08. The quantitative estimate of drug-likeness (QED) is 0.192. The smallest absolute Gasteiger partial charge is 0.301 e. The highest BCUT2D eigenvalue weighted by molar-refractivity contribution is 7.22. The third-order valence-electron chi connectivity index (χ3n) is 6.24. The van der Waals surface area contributed by atoms with Crippen molar-refractivity contribution >= 4 is 55.0 Å². The second kappa shape index (κ2) is 8.31. The van der Waals surface area contributed by atoms with E-state index < -0.39 is 23.5 Å². The number of thiazole rings is 1. The third-order valence-corrected chi connectivity index (χ3v) is 7.26. The molecule has 9 heteroatoms. The van der Waals surface area contributed by atoms with Crippen LogP contribution in [0.15, 0.2) is 78.5 Å². The van der Waals surface area contributed by atoms with Crippen molar-refractivity contribution in [1.82, 2.24) is 9.97 Å². The zero-order valence-electron chi connectivity index (χ0n) is 18.9. The number of para-hydroxylation sites is 1. The van der Waals surface area contributed by atoms with E-state index in [-0.39, 0.29) is 16.5 Å². The Hall–Kier alpha value is -4.50. The molecule has 1 atom stereocenters. The molecule has 2 aromatic heterocycles. The van der Waals surface area contributed by atoms with Crippen LogP contribution in [-0.4, -0.2) is 33.9 Å². The molecule has 1 fully saturated rings. The van der Waals surface area contributed by atoms with Crippen LogP contribution in [0, 0.1) is 5.82 Å². The molecule has 1 aliphatic heterocycles. The number of hydrogen-bond acceptors (Lipinski definition) is 6. The van der Waals surface area contributed by atoms with Gasteiger partial charge in [-0.3, -0.25) is 14.5 Å². The van der Waals surface area contributed by atoms with Crippen molar-refractivity contribution in [2.24, 2.45) is 0 Å². The van der Waals surface area contributed by atoms with Crippen LogP contribution in [0.2, 0.25) is 0 Å². The number of Topliss-reactive ketones (excluding diaryl/α,β-unsaturated/α-hetero) is 1. The first-order valence-electron chi connectivity index (χ1n) is 11.0. The van der Waals surface area contributed by atoms with Gasteiger partial charge in [0.25, 0.3) is 5.78 Å². The molecule has 1 unspecified atom stereocenters. The molecule has 1 aliphatic rings. The fourth-order valence-corrected chi connectivity index (χ4v) is 5.58. The highest BCUT2D eigenvalue weighted by Crippen LogP contribution is 2.45. The molecule has 1 saturated heterocycles. The summed E-state index contributed by atoms with van der Waals surface area (Å²) in [6.07, 6.45) is 1.61. The van der Waals surface area contributed by atoms with E-state index in [1.54, 1.807) is 30.5 Å². The number of carbonyl (C=O) groups excluding carboxylic acids is 2. The summed E-state index contributed by atoms with van der Waals surface area (Å²) in [4.78, 5) is 35.7. The summed E-state index contributed by atoms with van der Waals surface area (Å²) in [7, 11) is 1.52. The number of H-pyrrole nitrogens is 1. The number of benzene rings is 3. The van der Waals surface area contributed by atoms with E-state index in [2.05, 4.69) is 9.97 Å². The molecule has 5 aromatic rings. The van der Waals surface area contributed by atoms with Gasteiger partial charge in [-0.25, -0.2) is 9.37 Å². The highest BCUT2D eigenvalue weighted by atomic mass is 32.1. The van der Waals surface area contributed by atoms with E-state index >= 15 is 0 Å². The van der Waals surface area contributed by atoms with Gasteiger partial charge in [-0.2, -0.15) is 0 Å². The molecular formula is C27H18FN3O4S. The Balaban J connectivity index is 1.60. The van der Waals surface area contributed by atoms with Crippen molar-refractivity contribution < 1.29 is 23.8 Å². The summed E-state index contributed by atoms with van der Waals surface area (Å²) >= 11 is 1.10. The van der Waals surface area contributed by atoms with Gasteiger partial charge in [0.1, 0.15) is 17.3 Å². The Bertz CT molecular complexity index is 1720. The van der Waals surface area contributed by atoms with Crippen LogP contribution in [0.3, 0.4) is 0 Å². The lowest BCUT2D eigenvalue weighted by molar-refractivity contribution is -0.132. The zero-order valence-corrected chi connectivity index (χ0v) is 19.7. The fourth-order valence-electron chi connectivity index (χ4n) is 4.56. The van der Waals surface area contributed by atoms with E-state index in [0.29, 0.717) is 32.5 Å². The number of amides is 1. The summed E-state index contributed by atoms with van der Waals surface area (Å²) in [5.74, 6) is -1.87. The largest absolute Gasteiger partial charge is 0.507 e. The number of nitrogens with one attached hydrogen (secondary N) is 1. The van der Waals surface area contributed by atoms with E-state index in [4.69, 9.17) is 4.74 Å². The maximum Gasteiger partial charge on any atom is 0.301 e. The van der Waals surface area contributed by atoms with Gasteiger partial charge in [0.05, 0.1) is 28.9 Å². The number of rotatable bonds is 4. The number of halogens is 1. The van der Waals surface area contributed by atoms with Crippen molar-refractivity contribution in [3.05, 3.63) is 95.4 Å². The van der Waals surface area contributed by atoms with Gasteiger partial charge in [-0.05, 0) is 42.0 Å². The number of aliphatic hydroxyl groups excluding tert-OH is 1. The van der Waals surface area contributed by atoms with Crippen LogP contribution in [0.5, 0.6) is 5.75 Å². The molecule has 1 amide bonds. The first-order valence-corrected chi connectivity index (χ1v) is 11.9. The number of nitrogens with zero attached hydrogens (tertiary/aromatic N) is 2. The first kappa shape index (κ1) is 22.0. The van der Waals surface area contributed by atoms with Crippen LogP contribution >= 0.6 is 11.3 Å². The molecule has 178 valence electrons. The molecule has 0 spiro atoms. The second-order valence-corrected chi connectivity index (χ2v) is 9.31. The third kappa shape index (κ3) is 3.36. The summed E-state index contributed by atoms with van der Waals surface area (Å²) in [5.41, 5.74) is 2.17. The summed E-state index contributed by atoms with van der Waals surface area (Å²) in [6, 6.07) is 17.5. The number of fused-ring (bicyclic) bond motifs is 2. The SMILES string of the molecule is COc1cccc(C2/C(=C(\O)c3c[nH]c4ccccc34)C(=O)C(=O)N2c2nc3ccc(F)cc3s2)c1. The first-order chi connectivity index (χ1) is 17.5. The second-order valence-electron chi connectivity index (χ2n) is 8.30. The predicted molar refractivity (Wildman–Crippen MR) is 136 cm³/mol. The van der Waals surface area contributed by atoms with Gasteiger partial charge < -0.3 is 14.8 Å². The van der Waals surface area contributed by atoms with E-state index in [0.717, 1.165) is 16.9 Å². The average molecular weight is 500 g/mol. The lowest BCUT2D eigenvalue weighted by Gasteiger charge is -2.23. The lowest BCUT2D eigenvalue weighted by atomic mass is 9.95. The molecule has 3 aromatic carbocycles. The molecule has 2 N–H and O–H groups in total. The number of ketones is 1. The van der Waals surface area contributed by atoms with Crippen LogP contribution in [0.25, 0.3) is 26.9 Å². The molecular weight excluding hydrogens is 481 g/mol. The van der Waals surface area contributed by atoms with Crippen LogP contribution in [0.1, 0.15) is 17.2 Å².